The molecule has 0 amide bonds. The van der Waals surface area contributed by atoms with Crippen molar-refractivity contribution in [2.24, 2.45) is 0 Å². The van der Waals surface area contributed by atoms with Crippen molar-refractivity contribution in [3.63, 3.8) is 0 Å². The maximum Gasteiger partial charge on any atom is 0.0462 e. The average Bonchev–Trinajstić information content (AvgIpc) is 1.93. The lowest BCUT2D eigenvalue weighted by Gasteiger charge is -2.01. The third kappa shape index (κ3) is 1.63. The van der Waals surface area contributed by atoms with Gasteiger partial charge in [0.1, 0.15) is 0 Å². The fourth-order valence-electron chi connectivity index (χ4n) is 0.541. The van der Waals surface area contributed by atoms with Crippen molar-refractivity contribution in [1.82, 2.24) is 0 Å². The van der Waals surface area contributed by atoms with Crippen LogP contribution in [0.5, 0.6) is 0 Å². The normalized spacial score (nSPS) is 10.0. The Kier molecular flexibility index (Phi) is 2.95. The van der Waals surface area contributed by atoms with E-state index in [0.29, 0.717) is 0 Å². The van der Waals surface area contributed by atoms with Crippen molar-refractivity contribution < 1.29 is 0 Å². The molecule has 0 aliphatic heterocycles. The summed E-state index contributed by atoms with van der Waals surface area (Å²) in [6, 6.07) is 3.73. The van der Waals surface area contributed by atoms with Crippen molar-refractivity contribution >= 4 is 47.8 Å². The van der Waals surface area contributed by atoms with E-state index in [4.69, 9.17) is 6.92 Å². The second-order valence-electron chi connectivity index (χ2n) is 1.76. The Morgan fingerprint density at radius 2 is 1.60 bits per heavy atom. The maximum absolute atomic E-state index is 5.59. The van der Waals surface area contributed by atoms with Crippen molar-refractivity contribution in [2.45, 2.75) is 0 Å². The zero-order valence-electron chi connectivity index (χ0n) is 4.87. The molecule has 1 rings (SSSR count). The molecule has 52 valence electrons. The number of rotatable bonds is 0. The molecule has 0 aromatic heterocycles. The van der Waals surface area contributed by atoms with Crippen molar-refractivity contribution in [3.05, 3.63) is 38.0 Å². The summed E-state index contributed by atoms with van der Waals surface area (Å²) in [7, 11) is 0. The molecule has 1 aromatic rings. The molecule has 0 saturated heterocycles. The molecule has 0 saturated carbocycles. The van der Waals surface area contributed by atoms with Gasteiger partial charge < -0.3 is 0 Å². The molecule has 0 unspecified atom stereocenters. The van der Waals surface area contributed by atoms with Gasteiger partial charge >= 0.3 is 0 Å². The Morgan fingerprint density at radius 3 is 2.10 bits per heavy atom. The van der Waals surface area contributed by atoms with Gasteiger partial charge in [0, 0.05) is 20.3 Å². The van der Waals surface area contributed by atoms with Crippen LogP contribution in [-0.2, 0) is 0 Å². The lowest BCUT2D eigenvalue weighted by molar-refractivity contribution is 1.48. The summed E-state index contributed by atoms with van der Waals surface area (Å²) < 4.78 is 2.84. The van der Waals surface area contributed by atoms with Crippen LogP contribution in [0.25, 0.3) is 0 Å². The monoisotopic (exact) mass is 324 g/mol. The Hall–Kier alpha value is 0.660. The first-order valence-electron chi connectivity index (χ1n) is 2.52. The molecule has 0 bridgehead atoms. The molecule has 3 heteroatoms. The second kappa shape index (κ2) is 3.37. The minimum Gasteiger partial charge on any atom is -0.0564 e. The van der Waals surface area contributed by atoms with E-state index in [1.54, 1.807) is 0 Å². The van der Waals surface area contributed by atoms with E-state index in [2.05, 4.69) is 47.8 Å². The predicted molar refractivity (Wildman–Crippen MR) is 52.9 cm³/mol. The van der Waals surface area contributed by atoms with Crippen LogP contribution in [0.2, 0.25) is 0 Å². The average molecular weight is 327 g/mol. The van der Waals surface area contributed by atoms with Crippen molar-refractivity contribution in [3.8, 4) is 0 Å². The maximum atomic E-state index is 5.59. The van der Waals surface area contributed by atoms with Crippen molar-refractivity contribution in [2.75, 3.05) is 0 Å². The molecule has 0 spiro atoms. The second-order valence-corrected chi connectivity index (χ2v) is 4.20. The third-order valence-corrected chi connectivity index (χ3v) is 4.47. The van der Waals surface area contributed by atoms with Gasteiger partial charge in [0.25, 0.3) is 0 Å². The van der Waals surface area contributed by atoms with Crippen LogP contribution in [0.3, 0.4) is 0 Å². The van der Waals surface area contributed by atoms with Gasteiger partial charge in [-0.3, -0.25) is 0 Å². The molecule has 0 aliphatic rings. The summed E-state index contributed by atoms with van der Waals surface area (Å²) in [5, 5.41) is 0. The van der Waals surface area contributed by atoms with E-state index < -0.39 is 0 Å². The van der Waals surface area contributed by atoms with Crippen LogP contribution in [0.1, 0.15) is 5.56 Å². The molecule has 0 nitrogen and oxygen atoms in total. The standard InChI is InChI=1S/C7H3Br3/c1-4-2-3-5(8)7(10)6(4)9/h1-3H. The zero-order valence-corrected chi connectivity index (χ0v) is 9.62. The van der Waals surface area contributed by atoms with E-state index in [1.165, 1.54) is 0 Å². The molecule has 0 heterocycles. The van der Waals surface area contributed by atoms with E-state index in [-0.39, 0.29) is 0 Å². The molecule has 0 atom stereocenters. The minimum absolute atomic E-state index is 0.732. The fraction of sp³-hybridized carbons (Fsp3) is 0. The number of hydrogen-bond donors (Lipinski definition) is 0. The molecule has 2 radical (unpaired) electrons. The van der Waals surface area contributed by atoms with Crippen LogP contribution in [0, 0.1) is 6.92 Å². The first-order valence-corrected chi connectivity index (χ1v) is 4.90. The van der Waals surface area contributed by atoms with Crippen molar-refractivity contribution in [1.29, 1.82) is 0 Å². The Bertz CT molecular complexity index is 228. The summed E-state index contributed by atoms with van der Waals surface area (Å²) in [6.45, 7) is 5.59. The molecule has 0 aliphatic carbocycles. The molecule has 1 aromatic carbocycles. The van der Waals surface area contributed by atoms with Gasteiger partial charge in [0.05, 0.1) is 0 Å². The molecule has 0 N–H and O–H groups in total. The molecule has 0 fully saturated rings. The Balaban J connectivity index is 3.34. The lowest BCUT2D eigenvalue weighted by Crippen LogP contribution is -1.77. The highest BCUT2D eigenvalue weighted by Gasteiger charge is 2.02. The molecular weight excluding hydrogens is 324 g/mol. The number of hydrogen-bond acceptors (Lipinski definition) is 0. The summed E-state index contributed by atoms with van der Waals surface area (Å²) in [4.78, 5) is 0. The molecule has 10 heavy (non-hydrogen) atoms. The predicted octanol–water partition coefficient (Wildman–Crippen LogP) is 4.03. The van der Waals surface area contributed by atoms with Gasteiger partial charge in [-0.15, -0.1) is 0 Å². The third-order valence-electron chi connectivity index (χ3n) is 1.07. The van der Waals surface area contributed by atoms with Gasteiger partial charge in [-0.1, -0.05) is 6.07 Å². The van der Waals surface area contributed by atoms with Crippen LogP contribution < -0.4 is 0 Å². The summed E-state index contributed by atoms with van der Waals surface area (Å²) >= 11 is 10.0. The first-order chi connectivity index (χ1) is 4.63. The van der Waals surface area contributed by atoms with Crippen LogP contribution >= 0.6 is 47.8 Å². The van der Waals surface area contributed by atoms with E-state index in [9.17, 15) is 0 Å². The Morgan fingerprint density at radius 1 is 1.00 bits per heavy atom. The lowest BCUT2D eigenvalue weighted by atomic mass is 10.2. The summed E-state index contributed by atoms with van der Waals surface area (Å²) in [5.41, 5.74) is 0.732. The van der Waals surface area contributed by atoms with E-state index in [0.717, 1.165) is 19.0 Å². The highest BCUT2D eigenvalue weighted by atomic mass is 79.9. The fourth-order valence-corrected chi connectivity index (χ4v) is 1.84. The SMILES string of the molecule is [CH]c1ccc(Br)c(Br)c1Br. The highest BCUT2D eigenvalue weighted by molar-refractivity contribution is 9.14. The van der Waals surface area contributed by atoms with Crippen LogP contribution in [-0.4, -0.2) is 0 Å². The Labute approximate surface area is 85.4 Å². The number of halogens is 3. The quantitative estimate of drug-likeness (QED) is 0.631. The van der Waals surface area contributed by atoms with Gasteiger partial charge in [-0.05, 0) is 59.4 Å². The topological polar surface area (TPSA) is 0 Å². The van der Waals surface area contributed by atoms with Gasteiger partial charge in [0.2, 0.25) is 0 Å². The van der Waals surface area contributed by atoms with Gasteiger partial charge in [-0.2, -0.15) is 0 Å². The summed E-state index contributed by atoms with van der Waals surface area (Å²) in [6.07, 6.45) is 0. The van der Waals surface area contributed by atoms with E-state index >= 15 is 0 Å². The summed E-state index contributed by atoms with van der Waals surface area (Å²) in [5.74, 6) is 0. The zero-order chi connectivity index (χ0) is 7.72. The van der Waals surface area contributed by atoms with Gasteiger partial charge in [-0.25, -0.2) is 0 Å². The first kappa shape index (κ1) is 8.75. The number of benzene rings is 1. The molecular formula is C7H3Br3. The van der Waals surface area contributed by atoms with Crippen LogP contribution in [0.15, 0.2) is 25.6 Å². The largest absolute Gasteiger partial charge is 0.0564 e. The highest BCUT2D eigenvalue weighted by Crippen LogP contribution is 2.32. The smallest absolute Gasteiger partial charge is 0.0462 e. The van der Waals surface area contributed by atoms with E-state index in [1.807, 2.05) is 12.1 Å². The van der Waals surface area contributed by atoms with Crippen LogP contribution in [0.4, 0.5) is 0 Å². The van der Waals surface area contributed by atoms with Gasteiger partial charge in [0.15, 0.2) is 0 Å². The minimum atomic E-state index is 0.732.